The molecule has 0 unspecified atom stereocenters. The van der Waals surface area contributed by atoms with Gasteiger partial charge in [0, 0.05) is 17.2 Å². The van der Waals surface area contributed by atoms with Crippen LogP contribution in [0.3, 0.4) is 0 Å². The molecule has 1 amide bonds. The summed E-state index contributed by atoms with van der Waals surface area (Å²) in [6.07, 6.45) is -3.00. The number of hydrogen-bond donors (Lipinski definition) is 1. The van der Waals surface area contributed by atoms with Gasteiger partial charge < -0.3 is 5.32 Å². The van der Waals surface area contributed by atoms with E-state index in [0.717, 1.165) is 23.6 Å². The van der Waals surface area contributed by atoms with E-state index in [4.69, 9.17) is 0 Å². The quantitative estimate of drug-likeness (QED) is 0.583. The Balaban J connectivity index is 1.51. The molecule has 0 bridgehead atoms. The van der Waals surface area contributed by atoms with Crippen molar-refractivity contribution in [3.05, 3.63) is 64.5 Å². The topological polar surface area (TPSA) is 64.7 Å². The number of benzene rings is 1. The fourth-order valence-electron chi connectivity index (χ4n) is 3.54. The highest BCUT2D eigenvalue weighted by atomic mass is 19.4. The smallest absolute Gasteiger partial charge is 0.321 e. The van der Waals surface area contributed by atoms with E-state index in [-0.39, 0.29) is 24.8 Å². The minimum absolute atomic E-state index is 0.00314. The van der Waals surface area contributed by atoms with Gasteiger partial charge in [-0.05, 0) is 38.8 Å². The molecular weight excluding hydrogens is 414 g/mol. The second kappa shape index (κ2) is 7.82. The van der Waals surface area contributed by atoms with Gasteiger partial charge in [-0.15, -0.1) is 0 Å². The van der Waals surface area contributed by atoms with E-state index in [9.17, 15) is 22.4 Å². The van der Waals surface area contributed by atoms with E-state index in [1.54, 1.807) is 36.7 Å². The molecule has 1 saturated carbocycles. The number of alkyl halides is 3. The Hall–Kier alpha value is -3.17. The van der Waals surface area contributed by atoms with Crippen molar-refractivity contribution in [2.45, 2.75) is 51.9 Å². The number of amides is 1. The molecule has 1 fully saturated rings. The van der Waals surface area contributed by atoms with Crippen LogP contribution in [0.15, 0.2) is 30.3 Å². The van der Waals surface area contributed by atoms with Crippen LogP contribution in [0.2, 0.25) is 0 Å². The molecule has 1 aromatic carbocycles. The lowest BCUT2D eigenvalue weighted by molar-refractivity contribution is -0.141. The minimum Gasteiger partial charge on any atom is -0.321 e. The highest BCUT2D eigenvalue weighted by Crippen LogP contribution is 2.42. The lowest BCUT2D eigenvalue weighted by atomic mass is 10.2. The van der Waals surface area contributed by atoms with Crippen LogP contribution in [0.1, 0.15) is 47.1 Å². The third kappa shape index (κ3) is 4.47. The van der Waals surface area contributed by atoms with Gasteiger partial charge in [0.1, 0.15) is 12.4 Å². The summed E-state index contributed by atoms with van der Waals surface area (Å²) in [6, 6.07) is 7.36. The normalized spacial score (nSPS) is 14.1. The van der Waals surface area contributed by atoms with Crippen LogP contribution >= 0.6 is 0 Å². The summed E-state index contributed by atoms with van der Waals surface area (Å²) in [5.41, 5.74) is 1.49. The maximum absolute atomic E-state index is 14.0. The molecule has 2 heterocycles. The molecule has 3 aromatic rings. The van der Waals surface area contributed by atoms with Crippen LogP contribution < -0.4 is 5.32 Å². The Morgan fingerprint density at radius 2 is 1.87 bits per heavy atom. The molecule has 0 aliphatic heterocycles. The summed E-state index contributed by atoms with van der Waals surface area (Å²) in [5.74, 6) is -0.855. The number of nitrogens with one attached hydrogen (secondary N) is 1. The van der Waals surface area contributed by atoms with Gasteiger partial charge in [0.15, 0.2) is 5.69 Å². The van der Waals surface area contributed by atoms with Crippen molar-refractivity contribution in [2.75, 3.05) is 5.32 Å². The van der Waals surface area contributed by atoms with Crippen LogP contribution in [-0.4, -0.2) is 25.5 Å². The molecule has 0 spiro atoms. The predicted molar refractivity (Wildman–Crippen MR) is 105 cm³/mol. The number of halogens is 4. The van der Waals surface area contributed by atoms with Crippen LogP contribution in [0.4, 0.5) is 23.2 Å². The second-order valence-electron chi connectivity index (χ2n) is 7.73. The number of aryl methyl sites for hydroxylation is 1. The van der Waals surface area contributed by atoms with Crippen LogP contribution in [0.5, 0.6) is 0 Å². The third-order valence-corrected chi connectivity index (χ3v) is 5.31. The number of rotatable bonds is 6. The van der Waals surface area contributed by atoms with Crippen molar-refractivity contribution in [3.8, 4) is 0 Å². The minimum atomic E-state index is -4.56. The highest BCUT2D eigenvalue weighted by Gasteiger charge is 2.38. The van der Waals surface area contributed by atoms with Gasteiger partial charge in [-0.2, -0.15) is 23.4 Å². The zero-order chi connectivity index (χ0) is 22.3. The molecule has 1 N–H and O–H groups in total. The highest BCUT2D eigenvalue weighted by molar-refractivity contribution is 5.91. The molecule has 1 aliphatic carbocycles. The molecule has 1 aliphatic rings. The fourth-order valence-corrected chi connectivity index (χ4v) is 3.54. The van der Waals surface area contributed by atoms with Gasteiger partial charge in [-0.25, -0.2) is 4.39 Å². The van der Waals surface area contributed by atoms with Crippen molar-refractivity contribution in [1.82, 2.24) is 19.6 Å². The molecule has 0 saturated heterocycles. The molecular formula is C21H21F4N5O. The van der Waals surface area contributed by atoms with Crippen molar-refractivity contribution < 1.29 is 22.4 Å². The largest absolute Gasteiger partial charge is 0.435 e. The van der Waals surface area contributed by atoms with Crippen LogP contribution in [0, 0.1) is 19.7 Å². The predicted octanol–water partition coefficient (Wildman–Crippen LogP) is 4.42. The first-order valence-corrected chi connectivity index (χ1v) is 9.85. The molecule has 4 rings (SSSR count). The Kier molecular flexibility index (Phi) is 5.32. The van der Waals surface area contributed by atoms with Crippen LogP contribution in [0.25, 0.3) is 0 Å². The number of carbonyl (C=O) groups is 1. The van der Waals surface area contributed by atoms with E-state index < -0.39 is 17.8 Å². The number of aromatic nitrogens is 4. The van der Waals surface area contributed by atoms with Crippen LogP contribution in [-0.2, 0) is 24.1 Å². The Bertz CT molecular complexity index is 1130. The maximum Gasteiger partial charge on any atom is 0.435 e. The fraction of sp³-hybridized carbons (Fsp3) is 0.381. The van der Waals surface area contributed by atoms with E-state index >= 15 is 0 Å². The SMILES string of the molecule is Cc1nn(Cc2ccccc2F)c(C)c1NC(=O)Cn1nc(C(F)(F)F)cc1C1CC1. The van der Waals surface area contributed by atoms with Gasteiger partial charge in [-0.1, -0.05) is 18.2 Å². The van der Waals surface area contributed by atoms with Crippen molar-refractivity contribution >= 4 is 11.6 Å². The average Bonchev–Trinajstić information content (AvgIpc) is 3.39. The van der Waals surface area contributed by atoms with Crippen molar-refractivity contribution in [2.24, 2.45) is 0 Å². The zero-order valence-corrected chi connectivity index (χ0v) is 17.0. The molecule has 164 valence electrons. The van der Waals surface area contributed by atoms with Crippen molar-refractivity contribution in [3.63, 3.8) is 0 Å². The summed E-state index contributed by atoms with van der Waals surface area (Å²) in [6.45, 7) is 3.29. The van der Waals surface area contributed by atoms with E-state index in [0.29, 0.717) is 28.3 Å². The lowest BCUT2D eigenvalue weighted by Crippen LogP contribution is -2.22. The van der Waals surface area contributed by atoms with Gasteiger partial charge in [0.05, 0.1) is 23.6 Å². The van der Waals surface area contributed by atoms with Gasteiger partial charge in [-0.3, -0.25) is 14.2 Å². The summed E-state index contributed by atoms with van der Waals surface area (Å²) in [7, 11) is 0. The van der Waals surface area contributed by atoms with Gasteiger partial charge in [0.25, 0.3) is 0 Å². The number of hydrogen-bond acceptors (Lipinski definition) is 3. The molecule has 31 heavy (non-hydrogen) atoms. The first kappa shape index (κ1) is 21.1. The summed E-state index contributed by atoms with van der Waals surface area (Å²) >= 11 is 0. The monoisotopic (exact) mass is 435 g/mol. The number of anilines is 1. The summed E-state index contributed by atoms with van der Waals surface area (Å²) < 4.78 is 55.8. The Labute approximate surface area is 175 Å². The standard InChI is InChI=1S/C21H21F4N5O/c1-12-20(13(2)29(27-12)10-15-5-3-4-6-16(15)22)26-19(31)11-30-17(14-7-8-14)9-18(28-30)21(23,24)25/h3-6,9,14H,7-8,10-11H2,1-2H3,(H,26,31). The van der Waals surface area contributed by atoms with E-state index in [1.165, 1.54) is 6.07 Å². The average molecular weight is 435 g/mol. The summed E-state index contributed by atoms with van der Waals surface area (Å²) in [4.78, 5) is 12.6. The first-order chi connectivity index (χ1) is 14.6. The molecule has 6 nitrogen and oxygen atoms in total. The molecule has 10 heteroatoms. The third-order valence-electron chi connectivity index (χ3n) is 5.31. The van der Waals surface area contributed by atoms with Crippen molar-refractivity contribution in [1.29, 1.82) is 0 Å². The molecule has 0 radical (unpaired) electrons. The second-order valence-corrected chi connectivity index (χ2v) is 7.73. The number of carbonyl (C=O) groups excluding carboxylic acids is 1. The first-order valence-electron chi connectivity index (χ1n) is 9.85. The van der Waals surface area contributed by atoms with E-state index in [2.05, 4.69) is 15.5 Å². The van der Waals surface area contributed by atoms with Gasteiger partial charge in [0.2, 0.25) is 5.91 Å². The number of nitrogens with zero attached hydrogens (tertiary/aromatic N) is 4. The van der Waals surface area contributed by atoms with E-state index in [1.807, 2.05) is 0 Å². The molecule has 0 atom stereocenters. The Morgan fingerprint density at radius 3 is 2.52 bits per heavy atom. The zero-order valence-electron chi connectivity index (χ0n) is 17.0. The van der Waals surface area contributed by atoms with Gasteiger partial charge >= 0.3 is 6.18 Å². The maximum atomic E-state index is 14.0. The molecule has 2 aromatic heterocycles. The lowest BCUT2D eigenvalue weighted by Gasteiger charge is -2.09. The Morgan fingerprint density at radius 1 is 1.16 bits per heavy atom. The summed E-state index contributed by atoms with van der Waals surface area (Å²) in [5, 5.41) is 10.7.